The SMILES string of the molecule is C=NN1N=CC=C/C1=C(/C)C(=O)N1C(CC)Cc2c(nn(C)c2-c2cc(F)c(F)c(F)c2)C1CC. The second-order valence-electron chi connectivity index (χ2n) is 8.56. The van der Waals surface area contributed by atoms with E-state index in [4.69, 9.17) is 0 Å². The van der Waals surface area contributed by atoms with Crippen LogP contribution in [0.15, 0.2) is 45.8 Å². The van der Waals surface area contributed by atoms with E-state index in [0.29, 0.717) is 41.9 Å². The Labute approximate surface area is 201 Å². The van der Waals surface area contributed by atoms with Gasteiger partial charge < -0.3 is 4.90 Å². The van der Waals surface area contributed by atoms with Crippen LogP contribution in [0.2, 0.25) is 0 Å². The highest BCUT2D eigenvalue weighted by Gasteiger charge is 2.40. The maximum absolute atomic E-state index is 14.0. The number of rotatable bonds is 5. The molecule has 2 atom stereocenters. The predicted octanol–water partition coefficient (Wildman–Crippen LogP) is 4.87. The number of amides is 1. The van der Waals surface area contributed by atoms with E-state index in [9.17, 15) is 18.0 Å². The average Bonchev–Trinajstić information content (AvgIpc) is 3.19. The van der Waals surface area contributed by atoms with Gasteiger partial charge in [-0.1, -0.05) is 13.8 Å². The summed E-state index contributed by atoms with van der Waals surface area (Å²) < 4.78 is 43.2. The van der Waals surface area contributed by atoms with Crippen LogP contribution in [-0.2, 0) is 18.3 Å². The molecule has 184 valence electrons. The zero-order valence-electron chi connectivity index (χ0n) is 20.1. The summed E-state index contributed by atoms with van der Waals surface area (Å²) in [4.78, 5) is 15.6. The maximum atomic E-state index is 14.0. The molecule has 1 aromatic heterocycles. The molecule has 0 fully saturated rings. The van der Waals surface area contributed by atoms with Crippen molar-refractivity contribution in [3.05, 3.63) is 64.3 Å². The van der Waals surface area contributed by atoms with E-state index in [1.165, 1.54) is 5.12 Å². The molecule has 10 heteroatoms. The zero-order valence-corrected chi connectivity index (χ0v) is 20.1. The smallest absolute Gasteiger partial charge is 0.252 e. The van der Waals surface area contributed by atoms with Crippen molar-refractivity contribution in [2.75, 3.05) is 0 Å². The molecule has 35 heavy (non-hydrogen) atoms. The summed E-state index contributed by atoms with van der Waals surface area (Å²) in [6, 6.07) is 1.42. The quantitative estimate of drug-likeness (QED) is 0.346. The number of benzene rings is 1. The van der Waals surface area contributed by atoms with Crippen LogP contribution >= 0.6 is 0 Å². The van der Waals surface area contributed by atoms with Crippen LogP contribution < -0.4 is 0 Å². The van der Waals surface area contributed by atoms with Crippen molar-refractivity contribution in [1.82, 2.24) is 19.8 Å². The molecule has 1 aromatic carbocycles. The van der Waals surface area contributed by atoms with E-state index in [-0.39, 0.29) is 23.6 Å². The molecule has 0 bridgehead atoms. The maximum Gasteiger partial charge on any atom is 0.252 e. The Balaban J connectivity index is 1.82. The highest BCUT2D eigenvalue weighted by atomic mass is 19.2. The number of carbonyl (C=O) groups excluding carboxylic acids is 1. The number of hydrogen-bond acceptors (Lipinski definition) is 5. The van der Waals surface area contributed by atoms with Gasteiger partial charge in [-0.15, -0.1) is 0 Å². The minimum absolute atomic E-state index is 0.175. The number of carbonyl (C=O) groups is 1. The van der Waals surface area contributed by atoms with Crippen LogP contribution in [0.5, 0.6) is 0 Å². The zero-order chi connectivity index (χ0) is 25.4. The first kappa shape index (κ1) is 24.4. The van der Waals surface area contributed by atoms with Crippen molar-refractivity contribution < 1.29 is 18.0 Å². The highest BCUT2D eigenvalue weighted by Crippen LogP contribution is 2.41. The van der Waals surface area contributed by atoms with Gasteiger partial charge in [-0.3, -0.25) is 9.48 Å². The Hall–Kier alpha value is -3.69. The van der Waals surface area contributed by atoms with E-state index in [1.54, 1.807) is 37.0 Å². The summed E-state index contributed by atoms with van der Waals surface area (Å²) in [7, 11) is 1.68. The summed E-state index contributed by atoms with van der Waals surface area (Å²) >= 11 is 0. The first-order valence-corrected chi connectivity index (χ1v) is 11.4. The van der Waals surface area contributed by atoms with Gasteiger partial charge in [0.25, 0.3) is 5.91 Å². The van der Waals surface area contributed by atoms with Crippen LogP contribution in [0.3, 0.4) is 0 Å². The molecule has 3 heterocycles. The third-order valence-corrected chi connectivity index (χ3v) is 6.58. The summed E-state index contributed by atoms with van der Waals surface area (Å²) in [5.74, 6) is -4.20. The van der Waals surface area contributed by atoms with Crippen LogP contribution in [0.25, 0.3) is 11.3 Å². The number of aryl methyl sites for hydroxylation is 1. The molecule has 4 rings (SSSR count). The lowest BCUT2D eigenvalue weighted by molar-refractivity contribution is -0.133. The number of fused-ring (bicyclic) bond motifs is 1. The Morgan fingerprint density at radius 1 is 1.20 bits per heavy atom. The Kier molecular flexibility index (Phi) is 6.64. The second-order valence-corrected chi connectivity index (χ2v) is 8.56. The third-order valence-electron chi connectivity index (χ3n) is 6.58. The van der Waals surface area contributed by atoms with Gasteiger partial charge in [0.1, 0.15) is 0 Å². The molecule has 1 amide bonds. The fourth-order valence-electron chi connectivity index (χ4n) is 4.93. The van der Waals surface area contributed by atoms with Gasteiger partial charge in [0, 0.05) is 42.7 Å². The summed E-state index contributed by atoms with van der Waals surface area (Å²) in [6.07, 6.45) is 6.71. The van der Waals surface area contributed by atoms with Gasteiger partial charge >= 0.3 is 0 Å². The van der Waals surface area contributed by atoms with Gasteiger partial charge in [0.05, 0.1) is 23.1 Å². The van der Waals surface area contributed by atoms with Crippen molar-refractivity contribution in [3.8, 4) is 11.3 Å². The summed E-state index contributed by atoms with van der Waals surface area (Å²) in [5, 5.41) is 13.9. The molecule has 2 aromatic rings. The summed E-state index contributed by atoms with van der Waals surface area (Å²) in [6.45, 7) is 9.19. The van der Waals surface area contributed by atoms with Crippen molar-refractivity contribution in [1.29, 1.82) is 0 Å². The van der Waals surface area contributed by atoms with Crippen molar-refractivity contribution in [3.63, 3.8) is 0 Å². The molecular weight excluding hydrogens is 457 g/mol. The van der Waals surface area contributed by atoms with Crippen LogP contribution in [0.4, 0.5) is 13.2 Å². The van der Waals surface area contributed by atoms with Gasteiger partial charge in [0.2, 0.25) is 0 Å². The number of nitrogens with zero attached hydrogens (tertiary/aromatic N) is 6. The van der Waals surface area contributed by atoms with Crippen molar-refractivity contribution in [2.45, 2.75) is 52.1 Å². The van der Waals surface area contributed by atoms with Crippen LogP contribution in [0, 0.1) is 17.5 Å². The van der Waals surface area contributed by atoms with Gasteiger partial charge in [-0.05, 0) is 50.5 Å². The average molecular weight is 485 g/mol. The number of aromatic nitrogens is 2. The fraction of sp³-hybridized carbons (Fsp3) is 0.360. The molecule has 0 radical (unpaired) electrons. The number of halogens is 3. The Bertz CT molecular complexity index is 1260. The number of hydrogen-bond donors (Lipinski definition) is 0. The lowest BCUT2D eigenvalue weighted by atomic mass is 9.87. The van der Waals surface area contributed by atoms with E-state index in [0.717, 1.165) is 17.7 Å². The van der Waals surface area contributed by atoms with Crippen molar-refractivity contribution >= 4 is 18.8 Å². The molecule has 2 aliphatic rings. The lowest BCUT2D eigenvalue weighted by Gasteiger charge is -2.41. The molecular formula is C25H27F3N6O. The summed E-state index contributed by atoms with van der Waals surface area (Å²) in [5.41, 5.74) is 3.19. The highest BCUT2D eigenvalue weighted by molar-refractivity contribution is 5.95. The predicted molar refractivity (Wildman–Crippen MR) is 128 cm³/mol. The van der Waals surface area contributed by atoms with Crippen LogP contribution in [0.1, 0.15) is 50.9 Å². The molecule has 2 unspecified atom stereocenters. The molecule has 7 nitrogen and oxygen atoms in total. The third kappa shape index (κ3) is 4.06. The minimum Gasteiger partial charge on any atom is -0.327 e. The van der Waals surface area contributed by atoms with E-state index in [1.807, 2.05) is 18.7 Å². The van der Waals surface area contributed by atoms with Gasteiger partial charge in [-0.25, -0.2) is 13.2 Å². The molecule has 2 aliphatic heterocycles. The molecule has 0 saturated carbocycles. The Morgan fingerprint density at radius 2 is 1.89 bits per heavy atom. The van der Waals surface area contributed by atoms with Crippen LogP contribution in [-0.4, -0.2) is 44.7 Å². The van der Waals surface area contributed by atoms with E-state index >= 15 is 0 Å². The minimum atomic E-state index is -1.51. The van der Waals surface area contributed by atoms with E-state index in [2.05, 4.69) is 22.0 Å². The fourth-order valence-corrected chi connectivity index (χ4v) is 4.93. The van der Waals surface area contributed by atoms with E-state index < -0.39 is 17.5 Å². The Morgan fingerprint density at radius 3 is 2.49 bits per heavy atom. The molecule has 0 spiro atoms. The second kappa shape index (κ2) is 9.52. The normalized spacial score (nSPS) is 20.8. The topological polar surface area (TPSA) is 66.1 Å². The number of hydrazone groups is 2. The number of allylic oxidation sites excluding steroid dienone is 2. The van der Waals surface area contributed by atoms with Gasteiger partial charge in [-0.2, -0.15) is 20.4 Å². The van der Waals surface area contributed by atoms with Crippen molar-refractivity contribution in [2.24, 2.45) is 17.3 Å². The van der Waals surface area contributed by atoms with Gasteiger partial charge in [0.15, 0.2) is 17.5 Å². The standard InChI is InChI=1S/C25H27F3N6O/c1-6-16-13-17-23(31-32(5)24(17)15-11-18(26)22(28)19(27)12-15)20(7-2)33(16)25(35)14(3)21-9-8-10-30-34(21)29-4/h8-12,16,20H,4,6-7,13H2,1-3,5H3/b21-14+. The molecule has 0 N–H and O–H groups in total. The largest absolute Gasteiger partial charge is 0.327 e. The first-order valence-electron chi connectivity index (χ1n) is 11.4. The monoisotopic (exact) mass is 484 g/mol. The molecule has 0 aliphatic carbocycles. The first-order chi connectivity index (χ1) is 16.7. The molecule has 0 saturated heterocycles. The lowest BCUT2D eigenvalue weighted by Crippen LogP contribution is -2.47.